The molecular formula is C45H92NO7P. The van der Waals surface area contributed by atoms with E-state index in [1.54, 1.807) is 0 Å². The summed E-state index contributed by atoms with van der Waals surface area (Å²) < 4.78 is 34.5. The molecule has 0 N–H and O–H groups in total. The zero-order chi connectivity index (χ0) is 39.9. The largest absolute Gasteiger partial charge is 0.756 e. The molecule has 0 aliphatic rings. The van der Waals surface area contributed by atoms with Gasteiger partial charge in [0.2, 0.25) is 0 Å². The maximum Gasteiger partial charge on any atom is 0.306 e. The molecule has 0 amide bonds. The molecule has 0 radical (unpaired) electrons. The predicted molar refractivity (Wildman–Crippen MR) is 227 cm³/mol. The second-order valence-corrected chi connectivity index (χ2v) is 18.5. The summed E-state index contributed by atoms with van der Waals surface area (Å²) in [7, 11) is 1.37. The third-order valence-corrected chi connectivity index (χ3v) is 11.4. The first-order chi connectivity index (χ1) is 26.1. The van der Waals surface area contributed by atoms with Crippen LogP contribution in [-0.2, 0) is 27.9 Å². The number of unbranched alkanes of at least 4 members (excludes halogenated alkanes) is 30. The number of quaternary nitrogens is 1. The Balaban J connectivity index is 3.95. The summed E-state index contributed by atoms with van der Waals surface area (Å²) in [6.45, 7) is 5.44. The summed E-state index contributed by atoms with van der Waals surface area (Å²) >= 11 is 0. The lowest BCUT2D eigenvalue weighted by Gasteiger charge is -2.28. The normalized spacial score (nSPS) is 13.7. The van der Waals surface area contributed by atoms with E-state index in [1.165, 1.54) is 173 Å². The Labute approximate surface area is 336 Å². The molecule has 0 bridgehead atoms. The van der Waals surface area contributed by atoms with Crippen molar-refractivity contribution < 1.29 is 37.3 Å². The summed E-state index contributed by atoms with van der Waals surface area (Å²) in [6.07, 6.45) is 41.3. The van der Waals surface area contributed by atoms with Gasteiger partial charge in [0.1, 0.15) is 19.3 Å². The fourth-order valence-corrected chi connectivity index (χ4v) is 7.51. The van der Waals surface area contributed by atoms with Gasteiger partial charge in [0.15, 0.2) is 0 Å². The van der Waals surface area contributed by atoms with E-state index in [-0.39, 0.29) is 25.8 Å². The lowest BCUT2D eigenvalue weighted by atomic mass is 10.0. The predicted octanol–water partition coefficient (Wildman–Crippen LogP) is 13.0. The van der Waals surface area contributed by atoms with Crippen LogP contribution in [0.4, 0.5) is 0 Å². The molecule has 0 spiro atoms. The lowest BCUT2D eigenvalue weighted by molar-refractivity contribution is -0.870. The number of nitrogens with zero attached hydrogens (tertiary/aromatic N) is 1. The second-order valence-electron chi connectivity index (χ2n) is 17.1. The van der Waals surface area contributed by atoms with Crippen LogP contribution in [0.3, 0.4) is 0 Å². The van der Waals surface area contributed by atoms with E-state index in [9.17, 15) is 14.3 Å². The standard InChI is InChI=1S/C45H92NO7P/c1-6-8-10-12-14-16-17-18-19-20-21-22-23-24-25-26-27-28-29-30-31-32-34-36-38-45(47)53-44(42-50-40-37-35-33-15-13-11-9-7-2)43-52-54(48,49)51-41-39-46(3,4)5/h44H,6-43H2,1-5H3. The van der Waals surface area contributed by atoms with Crippen LogP contribution in [0.15, 0.2) is 0 Å². The monoisotopic (exact) mass is 790 g/mol. The van der Waals surface area contributed by atoms with Crippen LogP contribution in [0.1, 0.15) is 226 Å². The van der Waals surface area contributed by atoms with Gasteiger partial charge in [0.05, 0.1) is 34.4 Å². The van der Waals surface area contributed by atoms with Gasteiger partial charge in [-0.25, -0.2) is 0 Å². The zero-order valence-electron chi connectivity index (χ0n) is 36.7. The highest BCUT2D eigenvalue weighted by Gasteiger charge is 2.20. The minimum atomic E-state index is -4.51. The number of carbonyl (C=O) groups is 1. The molecule has 0 rings (SSSR count). The molecule has 0 heterocycles. The zero-order valence-corrected chi connectivity index (χ0v) is 37.6. The van der Waals surface area contributed by atoms with Gasteiger partial charge in [0.25, 0.3) is 7.82 Å². The molecule has 0 aliphatic carbocycles. The lowest BCUT2D eigenvalue weighted by Crippen LogP contribution is -2.37. The number of phosphoric acid groups is 1. The van der Waals surface area contributed by atoms with E-state index in [1.807, 2.05) is 21.1 Å². The number of rotatable bonds is 44. The average Bonchev–Trinajstić information content (AvgIpc) is 3.12. The fourth-order valence-electron chi connectivity index (χ4n) is 6.78. The van der Waals surface area contributed by atoms with Crippen LogP contribution in [-0.4, -0.2) is 70.7 Å². The topological polar surface area (TPSA) is 94.1 Å². The van der Waals surface area contributed by atoms with Gasteiger partial charge in [-0.15, -0.1) is 0 Å². The Morgan fingerprint density at radius 2 is 0.852 bits per heavy atom. The summed E-state index contributed by atoms with van der Waals surface area (Å²) in [5, 5.41) is 0. The SMILES string of the molecule is CCCCCCCCCCCCCCCCCCCCCCCCCCC(=O)OC(COCCCCCCCCCC)COP(=O)([O-])OCC[N+](C)(C)C. The van der Waals surface area contributed by atoms with E-state index in [2.05, 4.69) is 13.8 Å². The Morgan fingerprint density at radius 3 is 1.22 bits per heavy atom. The number of phosphoric ester groups is 1. The van der Waals surface area contributed by atoms with Crippen LogP contribution in [0.2, 0.25) is 0 Å². The first-order valence-electron chi connectivity index (χ1n) is 23.3. The maximum atomic E-state index is 12.7. The van der Waals surface area contributed by atoms with Crippen molar-refractivity contribution in [1.29, 1.82) is 0 Å². The van der Waals surface area contributed by atoms with E-state index >= 15 is 0 Å². The number of hydrogen-bond donors (Lipinski definition) is 0. The Kier molecular flexibility index (Phi) is 39.0. The summed E-state index contributed by atoms with van der Waals surface area (Å²) in [6, 6.07) is 0. The molecule has 0 aromatic heterocycles. The molecule has 0 aromatic rings. The summed E-state index contributed by atoms with van der Waals surface area (Å²) in [4.78, 5) is 25.0. The molecule has 54 heavy (non-hydrogen) atoms. The van der Waals surface area contributed by atoms with Crippen LogP contribution in [0.25, 0.3) is 0 Å². The van der Waals surface area contributed by atoms with Crippen LogP contribution in [0, 0.1) is 0 Å². The number of likely N-dealkylation sites (N-methyl/N-ethyl adjacent to an activating group) is 1. The smallest absolute Gasteiger partial charge is 0.306 e. The van der Waals surface area contributed by atoms with Gasteiger partial charge in [-0.2, -0.15) is 0 Å². The molecule has 9 heteroatoms. The Bertz CT molecular complexity index is 837. The van der Waals surface area contributed by atoms with E-state index in [4.69, 9.17) is 18.5 Å². The highest BCUT2D eigenvalue weighted by atomic mass is 31.2. The van der Waals surface area contributed by atoms with Gasteiger partial charge in [-0.1, -0.05) is 206 Å². The van der Waals surface area contributed by atoms with Gasteiger partial charge in [-0.3, -0.25) is 9.36 Å². The minimum Gasteiger partial charge on any atom is -0.756 e. The third-order valence-electron chi connectivity index (χ3n) is 10.4. The molecule has 0 aliphatic heterocycles. The van der Waals surface area contributed by atoms with Crippen LogP contribution in [0.5, 0.6) is 0 Å². The molecule has 324 valence electrons. The van der Waals surface area contributed by atoms with Crippen molar-refractivity contribution in [3.8, 4) is 0 Å². The molecule has 2 atom stereocenters. The molecule has 0 saturated carbocycles. The van der Waals surface area contributed by atoms with Gasteiger partial charge in [-0.05, 0) is 12.8 Å². The first kappa shape index (κ1) is 53.5. The number of esters is 1. The van der Waals surface area contributed by atoms with Gasteiger partial charge >= 0.3 is 5.97 Å². The number of carbonyl (C=O) groups excluding carboxylic acids is 1. The van der Waals surface area contributed by atoms with E-state index < -0.39 is 13.9 Å². The van der Waals surface area contributed by atoms with Crippen molar-refractivity contribution in [1.82, 2.24) is 0 Å². The molecular weight excluding hydrogens is 697 g/mol. The molecule has 0 aromatic carbocycles. The van der Waals surface area contributed by atoms with Crippen molar-refractivity contribution in [2.75, 3.05) is 54.1 Å². The van der Waals surface area contributed by atoms with Crippen LogP contribution < -0.4 is 4.89 Å². The van der Waals surface area contributed by atoms with Gasteiger partial charge < -0.3 is 27.9 Å². The van der Waals surface area contributed by atoms with Crippen molar-refractivity contribution in [2.45, 2.75) is 232 Å². The van der Waals surface area contributed by atoms with Gasteiger partial charge in [0, 0.05) is 13.0 Å². The first-order valence-corrected chi connectivity index (χ1v) is 24.7. The van der Waals surface area contributed by atoms with E-state index in [0.29, 0.717) is 24.1 Å². The van der Waals surface area contributed by atoms with E-state index in [0.717, 1.165) is 32.1 Å². The minimum absolute atomic E-state index is 0.0310. The molecule has 2 unspecified atom stereocenters. The summed E-state index contributed by atoms with van der Waals surface area (Å²) in [5.74, 6) is -0.329. The molecule has 8 nitrogen and oxygen atoms in total. The van der Waals surface area contributed by atoms with Crippen molar-refractivity contribution in [3.05, 3.63) is 0 Å². The highest BCUT2D eigenvalue weighted by Crippen LogP contribution is 2.38. The quantitative estimate of drug-likeness (QED) is 0.0262. The summed E-state index contributed by atoms with van der Waals surface area (Å²) in [5.41, 5.74) is 0. The van der Waals surface area contributed by atoms with Crippen molar-refractivity contribution in [2.24, 2.45) is 0 Å². The second kappa shape index (κ2) is 39.3. The number of hydrogen-bond acceptors (Lipinski definition) is 7. The highest BCUT2D eigenvalue weighted by molar-refractivity contribution is 7.45. The maximum absolute atomic E-state index is 12.7. The fraction of sp³-hybridized carbons (Fsp3) is 0.978. The average molecular weight is 790 g/mol. The molecule has 0 saturated heterocycles. The Morgan fingerprint density at radius 1 is 0.500 bits per heavy atom. The third kappa shape index (κ3) is 42.6. The van der Waals surface area contributed by atoms with Crippen LogP contribution >= 0.6 is 7.82 Å². The van der Waals surface area contributed by atoms with Crippen molar-refractivity contribution in [3.63, 3.8) is 0 Å². The molecule has 0 fully saturated rings. The van der Waals surface area contributed by atoms with Crippen molar-refractivity contribution >= 4 is 13.8 Å². The number of ether oxygens (including phenoxy) is 2. The Hall–Kier alpha value is -0.500.